The second kappa shape index (κ2) is 8.71. The third-order valence-electron chi connectivity index (χ3n) is 3.86. The van der Waals surface area contributed by atoms with Crippen LogP contribution in [0.1, 0.15) is 46.1 Å². The lowest BCUT2D eigenvalue weighted by Gasteiger charge is -2.31. The van der Waals surface area contributed by atoms with Crippen LogP contribution in [0, 0.1) is 5.41 Å². The zero-order chi connectivity index (χ0) is 18.3. The van der Waals surface area contributed by atoms with Gasteiger partial charge in [0.1, 0.15) is 5.75 Å². The Bertz CT molecular complexity index is 563. The zero-order valence-corrected chi connectivity index (χ0v) is 15.3. The third-order valence-corrected chi connectivity index (χ3v) is 3.86. The average molecular weight is 335 g/mol. The quantitative estimate of drug-likeness (QED) is 0.740. The third kappa shape index (κ3) is 6.60. The molecule has 1 amide bonds. The number of likely N-dealkylation sites (N-methyl/N-ethyl adjacent to an activating group) is 1. The number of hydrogen-bond donors (Lipinski definition) is 1. The molecule has 0 radical (unpaired) electrons. The summed E-state index contributed by atoms with van der Waals surface area (Å²) in [6.45, 7) is 8.18. The van der Waals surface area contributed by atoms with E-state index in [2.05, 4.69) is 0 Å². The second-order valence-corrected chi connectivity index (χ2v) is 7.21. The normalized spacial score (nSPS) is 12.5. The fourth-order valence-electron chi connectivity index (χ4n) is 2.38. The first-order chi connectivity index (χ1) is 11.1. The van der Waals surface area contributed by atoms with E-state index in [0.717, 1.165) is 17.7 Å². The fourth-order valence-corrected chi connectivity index (χ4v) is 2.38. The van der Waals surface area contributed by atoms with Crippen LogP contribution in [0.2, 0.25) is 0 Å². The molecule has 5 nitrogen and oxygen atoms in total. The Morgan fingerprint density at radius 2 is 1.96 bits per heavy atom. The summed E-state index contributed by atoms with van der Waals surface area (Å²) in [6.07, 6.45) is 1.33. The first kappa shape index (κ1) is 20.0. The van der Waals surface area contributed by atoms with Gasteiger partial charge in [-0.05, 0) is 37.5 Å². The van der Waals surface area contributed by atoms with Gasteiger partial charge in [-0.2, -0.15) is 0 Å². The number of carbonyl (C=O) groups excluding carboxylic acids is 1. The van der Waals surface area contributed by atoms with E-state index in [9.17, 15) is 9.59 Å². The van der Waals surface area contributed by atoms with E-state index in [0.29, 0.717) is 13.0 Å². The number of nitrogens with zero attached hydrogens (tertiary/aromatic N) is 1. The number of benzene rings is 1. The standard InChI is InChI=1S/C19H29NO4/c1-14(20(5)18(23)19(2,3)4)12-15-8-6-9-16(13-15)24-11-7-10-17(21)22/h6,8-9,13-14H,7,10-12H2,1-5H3,(H,21,22)/t14-/m0/s1. The van der Waals surface area contributed by atoms with E-state index in [-0.39, 0.29) is 18.4 Å². The Balaban J connectivity index is 2.60. The van der Waals surface area contributed by atoms with Gasteiger partial charge >= 0.3 is 5.97 Å². The molecule has 134 valence electrons. The van der Waals surface area contributed by atoms with Crippen LogP contribution in [0.25, 0.3) is 0 Å². The van der Waals surface area contributed by atoms with Crippen LogP contribution in [0.5, 0.6) is 5.75 Å². The molecule has 0 unspecified atom stereocenters. The fraction of sp³-hybridized carbons (Fsp3) is 0.579. The lowest BCUT2D eigenvalue weighted by atomic mass is 9.93. The summed E-state index contributed by atoms with van der Waals surface area (Å²) in [5.74, 6) is 0.0405. The minimum absolute atomic E-state index is 0.0824. The molecule has 0 bridgehead atoms. The summed E-state index contributed by atoms with van der Waals surface area (Å²) in [4.78, 5) is 24.6. The molecule has 0 aliphatic heterocycles. The van der Waals surface area contributed by atoms with Crippen LogP contribution in [0.4, 0.5) is 0 Å². The Labute approximate surface area is 144 Å². The molecule has 1 N–H and O–H groups in total. The molecule has 24 heavy (non-hydrogen) atoms. The smallest absolute Gasteiger partial charge is 0.303 e. The number of rotatable bonds is 8. The first-order valence-electron chi connectivity index (χ1n) is 8.32. The van der Waals surface area contributed by atoms with E-state index in [4.69, 9.17) is 9.84 Å². The first-order valence-corrected chi connectivity index (χ1v) is 8.32. The lowest BCUT2D eigenvalue weighted by Crippen LogP contribution is -2.42. The van der Waals surface area contributed by atoms with E-state index in [1.807, 2.05) is 59.0 Å². The molecule has 0 aliphatic carbocycles. The summed E-state index contributed by atoms with van der Waals surface area (Å²) < 4.78 is 5.60. The molecule has 1 atom stereocenters. The zero-order valence-electron chi connectivity index (χ0n) is 15.3. The van der Waals surface area contributed by atoms with Crippen LogP contribution in [0.3, 0.4) is 0 Å². The maximum atomic E-state index is 12.3. The molecule has 0 fully saturated rings. The predicted octanol–water partition coefficient (Wildman–Crippen LogP) is 3.37. The van der Waals surface area contributed by atoms with Gasteiger partial charge in [-0.25, -0.2) is 0 Å². The lowest BCUT2D eigenvalue weighted by molar-refractivity contribution is -0.140. The van der Waals surface area contributed by atoms with Gasteiger partial charge < -0.3 is 14.7 Å². The van der Waals surface area contributed by atoms with Crippen molar-refractivity contribution in [3.63, 3.8) is 0 Å². The Morgan fingerprint density at radius 1 is 1.29 bits per heavy atom. The number of amides is 1. The Hall–Kier alpha value is -2.04. The van der Waals surface area contributed by atoms with Crippen molar-refractivity contribution in [1.29, 1.82) is 0 Å². The average Bonchev–Trinajstić information content (AvgIpc) is 2.49. The number of aliphatic carboxylic acids is 1. The van der Waals surface area contributed by atoms with Gasteiger partial charge in [0, 0.05) is 24.9 Å². The van der Waals surface area contributed by atoms with Crippen LogP contribution >= 0.6 is 0 Å². The van der Waals surface area contributed by atoms with Crippen molar-refractivity contribution in [2.45, 2.75) is 53.0 Å². The van der Waals surface area contributed by atoms with E-state index in [1.165, 1.54) is 0 Å². The van der Waals surface area contributed by atoms with Crippen molar-refractivity contribution in [2.24, 2.45) is 5.41 Å². The highest BCUT2D eigenvalue weighted by molar-refractivity contribution is 5.81. The maximum absolute atomic E-state index is 12.3. The molecule has 0 heterocycles. The molecule has 0 aliphatic rings. The molecule has 5 heteroatoms. The molecule has 0 spiro atoms. The molecular formula is C19H29NO4. The van der Waals surface area contributed by atoms with Crippen molar-refractivity contribution in [3.8, 4) is 5.75 Å². The topological polar surface area (TPSA) is 66.8 Å². The van der Waals surface area contributed by atoms with Crippen LogP contribution < -0.4 is 4.74 Å². The van der Waals surface area contributed by atoms with E-state index < -0.39 is 11.4 Å². The Morgan fingerprint density at radius 3 is 2.54 bits per heavy atom. The SMILES string of the molecule is C[C@@H](Cc1cccc(OCCCC(=O)O)c1)N(C)C(=O)C(C)(C)C. The summed E-state index contributed by atoms with van der Waals surface area (Å²) in [5, 5.41) is 8.62. The van der Waals surface area contributed by atoms with Crippen molar-refractivity contribution in [3.05, 3.63) is 29.8 Å². The number of ether oxygens (including phenoxy) is 1. The van der Waals surface area contributed by atoms with Crippen molar-refractivity contribution in [1.82, 2.24) is 4.90 Å². The van der Waals surface area contributed by atoms with Gasteiger partial charge in [0.2, 0.25) is 5.91 Å². The largest absolute Gasteiger partial charge is 0.494 e. The molecule has 1 rings (SSSR count). The van der Waals surface area contributed by atoms with E-state index >= 15 is 0 Å². The minimum Gasteiger partial charge on any atom is -0.494 e. The van der Waals surface area contributed by atoms with Gasteiger partial charge in [0.05, 0.1) is 6.61 Å². The van der Waals surface area contributed by atoms with Crippen LogP contribution in [-0.4, -0.2) is 41.6 Å². The monoisotopic (exact) mass is 335 g/mol. The molecule has 0 saturated carbocycles. The number of carboxylic acid groups (broad SMARTS) is 1. The number of carbonyl (C=O) groups is 2. The summed E-state index contributed by atoms with van der Waals surface area (Å²) in [7, 11) is 1.84. The summed E-state index contributed by atoms with van der Waals surface area (Å²) in [6, 6.07) is 7.82. The predicted molar refractivity (Wildman–Crippen MR) is 94.2 cm³/mol. The molecule has 0 saturated heterocycles. The van der Waals surface area contributed by atoms with Gasteiger partial charge in [0.25, 0.3) is 0 Å². The highest BCUT2D eigenvalue weighted by atomic mass is 16.5. The van der Waals surface area contributed by atoms with Crippen molar-refractivity contribution < 1.29 is 19.4 Å². The highest BCUT2D eigenvalue weighted by Gasteiger charge is 2.27. The molecule has 0 aromatic heterocycles. The number of hydrogen-bond acceptors (Lipinski definition) is 3. The van der Waals surface area contributed by atoms with E-state index in [1.54, 1.807) is 4.90 Å². The second-order valence-electron chi connectivity index (χ2n) is 7.21. The number of carboxylic acids is 1. The molecule has 1 aromatic rings. The summed E-state index contributed by atoms with van der Waals surface area (Å²) >= 11 is 0. The van der Waals surface area contributed by atoms with Crippen molar-refractivity contribution in [2.75, 3.05) is 13.7 Å². The van der Waals surface area contributed by atoms with Gasteiger partial charge in [-0.15, -0.1) is 0 Å². The molecular weight excluding hydrogens is 306 g/mol. The van der Waals surface area contributed by atoms with Crippen molar-refractivity contribution >= 4 is 11.9 Å². The van der Waals surface area contributed by atoms with Gasteiger partial charge in [-0.3, -0.25) is 9.59 Å². The minimum atomic E-state index is -0.812. The molecule has 1 aromatic carbocycles. The van der Waals surface area contributed by atoms with Gasteiger partial charge in [-0.1, -0.05) is 32.9 Å². The highest BCUT2D eigenvalue weighted by Crippen LogP contribution is 2.21. The Kier molecular flexibility index (Phi) is 7.26. The van der Waals surface area contributed by atoms with Gasteiger partial charge in [0.15, 0.2) is 0 Å². The summed E-state index contributed by atoms with van der Waals surface area (Å²) in [5.41, 5.74) is 0.699. The maximum Gasteiger partial charge on any atom is 0.303 e. The van der Waals surface area contributed by atoms with Crippen LogP contribution in [-0.2, 0) is 16.0 Å². The van der Waals surface area contributed by atoms with Crippen LogP contribution in [0.15, 0.2) is 24.3 Å².